The molecule has 0 aromatic heterocycles. The lowest BCUT2D eigenvalue weighted by Gasteiger charge is -2.11. The highest BCUT2D eigenvalue weighted by Crippen LogP contribution is 2.28. The van der Waals surface area contributed by atoms with Gasteiger partial charge in [-0.05, 0) is 18.2 Å². The van der Waals surface area contributed by atoms with Gasteiger partial charge in [0.15, 0.2) is 0 Å². The number of carboxylic acid groups (broad SMARTS) is 2. The third-order valence-corrected chi connectivity index (χ3v) is 2.65. The second-order valence-electron chi connectivity index (χ2n) is 4.08. The Kier molecular flexibility index (Phi) is 4.00. The third kappa shape index (κ3) is 3.14. The van der Waals surface area contributed by atoms with Crippen molar-refractivity contribution >= 4 is 11.9 Å². The van der Waals surface area contributed by atoms with Crippen molar-refractivity contribution in [1.29, 1.82) is 0 Å². The van der Waals surface area contributed by atoms with E-state index in [4.69, 9.17) is 14.9 Å². The maximum atomic E-state index is 11.1. The van der Waals surface area contributed by atoms with Crippen LogP contribution in [-0.4, -0.2) is 22.2 Å². The zero-order chi connectivity index (χ0) is 14.5. The Morgan fingerprint density at radius 1 is 0.900 bits per heavy atom. The van der Waals surface area contributed by atoms with E-state index in [0.717, 1.165) is 0 Å². The topological polar surface area (TPSA) is 83.8 Å². The summed E-state index contributed by atoms with van der Waals surface area (Å²) >= 11 is 0. The van der Waals surface area contributed by atoms with Crippen LogP contribution in [0.5, 0.6) is 11.5 Å². The van der Waals surface area contributed by atoms with Crippen LogP contribution in [0.4, 0.5) is 0 Å². The average Bonchev–Trinajstić information content (AvgIpc) is 2.41. The number of carbonyl (C=O) groups is 2. The highest BCUT2D eigenvalue weighted by atomic mass is 16.5. The highest BCUT2D eigenvalue weighted by Gasteiger charge is 2.13. The first kappa shape index (κ1) is 13.6. The lowest BCUT2D eigenvalue weighted by Crippen LogP contribution is -2.04. The first-order chi connectivity index (χ1) is 9.58. The normalized spacial score (nSPS) is 10.0. The van der Waals surface area contributed by atoms with Crippen molar-refractivity contribution in [2.75, 3.05) is 0 Å². The van der Waals surface area contributed by atoms with Crippen molar-refractivity contribution in [3.8, 4) is 11.5 Å². The molecule has 0 radical (unpaired) electrons. The van der Waals surface area contributed by atoms with Crippen LogP contribution < -0.4 is 4.74 Å². The van der Waals surface area contributed by atoms with Gasteiger partial charge in [0, 0.05) is 5.56 Å². The predicted octanol–water partition coefficient (Wildman–Crippen LogP) is 2.80. The van der Waals surface area contributed by atoms with Gasteiger partial charge in [-0.1, -0.05) is 30.3 Å². The second kappa shape index (κ2) is 5.88. The number of hydrogen-bond acceptors (Lipinski definition) is 3. The minimum atomic E-state index is -1.10. The lowest BCUT2D eigenvalue weighted by atomic mass is 10.1. The number of ether oxygens (including phenoxy) is 1. The summed E-state index contributed by atoms with van der Waals surface area (Å²) in [7, 11) is 0. The van der Waals surface area contributed by atoms with Crippen LogP contribution in [0, 0.1) is 0 Å². The van der Waals surface area contributed by atoms with Crippen molar-refractivity contribution in [3.05, 3.63) is 59.7 Å². The molecule has 0 unspecified atom stereocenters. The van der Waals surface area contributed by atoms with Gasteiger partial charge in [-0.3, -0.25) is 4.79 Å². The quantitative estimate of drug-likeness (QED) is 0.874. The van der Waals surface area contributed by atoms with Gasteiger partial charge in [0.1, 0.15) is 17.1 Å². The summed E-state index contributed by atoms with van der Waals surface area (Å²) in [5.41, 5.74) is 0.512. The molecule has 0 aliphatic rings. The smallest absolute Gasteiger partial charge is 0.339 e. The minimum absolute atomic E-state index is 0.0256. The second-order valence-corrected chi connectivity index (χ2v) is 4.08. The van der Waals surface area contributed by atoms with E-state index in [1.165, 1.54) is 12.1 Å². The van der Waals surface area contributed by atoms with Gasteiger partial charge in [0.05, 0.1) is 6.42 Å². The molecule has 2 aromatic rings. The number of para-hydroxylation sites is 2. The van der Waals surface area contributed by atoms with E-state index in [9.17, 15) is 9.59 Å². The average molecular weight is 272 g/mol. The van der Waals surface area contributed by atoms with E-state index in [2.05, 4.69) is 0 Å². The summed E-state index contributed by atoms with van der Waals surface area (Å²) in [5, 5.41) is 17.9. The van der Waals surface area contributed by atoms with Crippen LogP contribution in [0.3, 0.4) is 0 Å². The fraction of sp³-hybridized carbons (Fsp3) is 0.0667. The molecule has 2 rings (SSSR count). The molecule has 0 spiro atoms. The number of carboxylic acids is 2. The zero-order valence-corrected chi connectivity index (χ0v) is 10.4. The molecule has 2 N–H and O–H groups in total. The Balaban J connectivity index is 2.35. The molecule has 0 heterocycles. The van der Waals surface area contributed by atoms with Gasteiger partial charge < -0.3 is 14.9 Å². The standard InChI is InChI=1S/C15H12O5/c16-14(17)9-10-5-1-3-7-12(10)20-13-8-4-2-6-11(13)15(18)19/h1-8H,9H2,(H,16,17)(H,18,19). The molecule has 0 amide bonds. The van der Waals surface area contributed by atoms with Gasteiger partial charge in [0.2, 0.25) is 0 Å². The van der Waals surface area contributed by atoms with Crippen LogP contribution in [0.25, 0.3) is 0 Å². The number of benzene rings is 2. The maximum absolute atomic E-state index is 11.1. The monoisotopic (exact) mass is 272 g/mol. The fourth-order valence-electron chi connectivity index (χ4n) is 1.76. The molecule has 0 aliphatic heterocycles. The lowest BCUT2D eigenvalue weighted by molar-refractivity contribution is -0.136. The molecule has 0 atom stereocenters. The van der Waals surface area contributed by atoms with E-state index in [1.54, 1.807) is 36.4 Å². The molecular weight excluding hydrogens is 260 g/mol. The molecule has 0 saturated heterocycles. The summed E-state index contributed by atoms with van der Waals surface area (Å²) in [5.74, 6) is -1.56. The number of aliphatic carboxylic acids is 1. The van der Waals surface area contributed by atoms with Crippen molar-refractivity contribution in [2.24, 2.45) is 0 Å². The highest BCUT2D eigenvalue weighted by molar-refractivity contribution is 5.91. The molecule has 2 aromatic carbocycles. The Morgan fingerprint density at radius 2 is 1.50 bits per heavy atom. The fourth-order valence-corrected chi connectivity index (χ4v) is 1.76. The van der Waals surface area contributed by atoms with Crippen LogP contribution in [0.2, 0.25) is 0 Å². The first-order valence-electron chi connectivity index (χ1n) is 5.88. The molecule has 0 bridgehead atoms. The van der Waals surface area contributed by atoms with E-state index >= 15 is 0 Å². The Hall–Kier alpha value is -2.82. The largest absolute Gasteiger partial charge is 0.481 e. The third-order valence-electron chi connectivity index (χ3n) is 2.65. The van der Waals surface area contributed by atoms with E-state index in [1.807, 2.05) is 0 Å². The molecule has 0 aliphatic carbocycles. The molecule has 0 fully saturated rings. The molecule has 5 nitrogen and oxygen atoms in total. The Labute approximate surface area is 115 Å². The molecule has 5 heteroatoms. The summed E-state index contributed by atoms with van der Waals surface area (Å²) in [4.78, 5) is 21.9. The molecule has 102 valence electrons. The van der Waals surface area contributed by atoms with Crippen molar-refractivity contribution in [3.63, 3.8) is 0 Å². The molecule has 20 heavy (non-hydrogen) atoms. The summed E-state index contributed by atoms with van der Waals surface area (Å²) < 4.78 is 5.56. The number of rotatable bonds is 5. The van der Waals surface area contributed by atoms with Crippen LogP contribution in [0.1, 0.15) is 15.9 Å². The van der Waals surface area contributed by atoms with E-state index in [0.29, 0.717) is 11.3 Å². The Bertz CT molecular complexity index is 648. The van der Waals surface area contributed by atoms with Gasteiger partial charge in [-0.15, -0.1) is 0 Å². The van der Waals surface area contributed by atoms with Gasteiger partial charge in [0.25, 0.3) is 0 Å². The summed E-state index contributed by atoms with van der Waals surface area (Å²) in [6.07, 6.45) is -0.189. The summed E-state index contributed by atoms with van der Waals surface area (Å²) in [6.45, 7) is 0. The number of hydrogen-bond donors (Lipinski definition) is 2. The van der Waals surface area contributed by atoms with Gasteiger partial charge >= 0.3 is 11.9 Å². The molecule has 0 saturated carbocycles. The number of aromatic carboxylic acids is 1. The van der Waals surface area contributed by atoms with Gasteiger partial charge in [-0.2, -0.15) is 0 Å². The van der Waals surface area contributed by atoms with Crippen molar-refractivity contribution < 1.29 is 24.5 Å². The van der Waals surface area contributed by atoms with Crippen molar-refractivity contribution in [1.82, 2.24) is 0 Å². The van der Waals surface area contributed by atoms with Gasteiger partial charge in [-0.25, -0.2) is 4.79 Å². The SMILES string of the molecule is O=C(O)Cc1ccccc1Oc1ccccc1C(=O)O. The molecular formula is C15H12O5. The van der Waals surface area contributed by atoms with Crippen LogP contribution in [-0.2, 0) is 11.2 Å². The van der Waals surface area contributed by atoms with E-state index in [-0.39, 0.29) is 17.7 Å². The van der Waals surface area contributed by atoms with Crippen LogP contribution in [0.15, 0.2) is 48.5 Å². The van der Waals surface area contributed by atoms with E-state index < -0.39 is 11.9 Å². The van der Waals surface area contributed by atoms with Crippen LogP contribution >= 0.6 is 0 Å². The maximum Gasteiger partial charge on any atom is 0.339 e. The zero-order valence-electron chi connectivity index (χ0n) is 10.4. The first-order valence-corrected chi connectivity index (χ1v) is 5.88. The summed E-state index contributed by atoms with van der Waals surface area (Å²) in [6, 6.07) is 12.8. The minimum Gasteiger partial charge on any atom is -0.481 e. The predicted molar refractivity (Wildman–Crippen MR) is 71.3 cm³/mol. The van der Waals surface area contributed by atoms with Crippen molar-refractivity contribution in [2.45, 2.75) is 6.42 Å². The Morgan fingerprint density at radius 3 is 2.15 bits per heavy atom.